The molecule has 1 heterocycles. The SMILES string of the molecule is O=C1NC(=S)N(c2ccc(Cl)cc2)C(=O)C1=Cc1cccc(-c2ccc(F)cc2)c1. The van der Waals surface area contributed by atoms with E-state index in [9.17, 15) is 14.0 Å². The molecular weight excluding hydrogens is 423 g/mol. The average Bonchev–Trinajstić information content (AvgIpc) is 2.73. The highest BCUT2D eigenvalue weighted by atomic mass is 35.5. The molecule has 1 aliphatic heterocycles. The molecular formula is C23H14ClFN2O2S. The lowest BCUT2D eigenvalue weighted by Gasteiger charge is -2.29. The average molecular weight is 437 g/mol. The van der Waals surface area contributed by atoms with Crippen LogP contribution in [0.4, 0.5) is 10.1 Å². The molecule has 148 valence electrons. The van der Waals surface area contributed by atoms with Gasteiger partial charge in [-0.1, -0.05) is 41.9 Å². The Kier molecular flexibility index (Phi) is 5.44. The Hall–Kier alpha value is -3.35. The van der Waals surface area contributed by atoms with Crippen molar-refractivity contribution >= 4 is 52.5 Å². The van der Waals surface area contributed by atoms with Gasteiger partial charge in [0.05, 0.1) is 5.69 Å². The molecule has 4 rings (SSSR count). The van der Waals surface area contributed by atoms with Crippen molar-refractivity contribution in [2.24, 2.45) is 0 Å². The molecule has 0 unspecified atom stereocenters. The fourth-order valence-electron chi connectivity index (χ4n) is 3.10. The lowest BCUT2D eigenvalue weighted by atomic mass is 10.0. The normalized spacial score (nSPS) is 15.5. The van der Waals surface area contributed by atoms with Crippen molar-refractivity contribution in [3.05, 3.63) is 94.8 Å². The minimum Gasteiger partial charge on any atom is -0.298 e. The summed E-state index contributed by atoms with van der Waals surface area (Å²) in [4.78, 5) is 26.8. The highest BCUT2D eigenvalue weighted by molar-refractivity contribution is 7.80. The molecule has 0 saturated carbocycles. The van der Waals surface area contributed by atoms with Crippen molar-refractivity contribution in [3.8, 4) is 11.1 Å². The van der Waals surface area contributed by atoms with Crippen LogP contribution in [0.2, 0.25) is 5.02 Å². The lowest BCUT2D eigenvalue weighted by Crippen LogP contribution is -2.54. The largest absolute Gasteiger partial charge is 0.298 e. The third-order valence-electron chi connectivity index (χ3n) is 4.56. The molecule has 7 heteroatoms. The van der Waals surface area contributed by atoms with Crippen LogP contribution in [-0.2, 0) is 9.59 Å². The Labute approximate surface area is 182 Å². The fraction of sp³-hybridized carbons (Fsp3) is 0. The molecule has 0 aromatic heterocycles. The van der Waals surface area contributed by atoms with Gasteiger partial charge in [-0.05, 0) is 77.4 Å². The van der Waals surface area contributed by atoms with Crippen molar-refractivity contribution in [1.29, 1.82) is 0 Å². The van der Waals surface area contributed by atoms with Crippen LogP contribution in [0.15, 0.2) is 78.4 Å². The minimum absolute atomic E-state index is 0.00420. The summed E-state index contributed by atoms with van der Waals surface area (Å²) in [7, 11) is 0. The summed E-state index contributed by atoms with van der Waals surface area (Å²) in [5.74, 6) is -1.42. The van der Waals surface area contributed by atoms with Gasteiger partial charge in [0.15, 0.2) is 5.11 Å². The van der Waals surface area contributed by atoms with E-state index >= 15 is 0 Å². The van der Waals surface area contributed by atoms with E-state index in [-0.39, 0.29) is 16.5 Å². The second-order valence-electron chi connectivity index (χ2n) is 6.57. The van der Waals surface area contributed by atoms with E-state index in [1.807, 2.05) is 12.1 Å². The van der Waals surface area contributed by atoms with Gasteiger partial charge in [0.1, 0.15) is 11.4 Å². The number of halogens is 2. The molecule has 0 radical (unpaired) electrons. The topological polar surface area (TPSA) is 49.4 Å². The maximum Gasteiger partial charge on any atom is 0.270 e. The molecule has 3 aromatic rings. The number of thiocarbonyl (C=S) groups is 1. The number of carbonyl (C=O) groups excluding carboxylic acids is 2. The number of rotatable bonds is 3. The predicted octanol–water partition coefficient (Wildman–Crippen LogP) is 4.98. The number of carbonyl (C=O) groups is 2. The van der Waals surface area contributed by atoms with Gasteiger partial charge < -0.3 is 0 Å². The van der Waals surface area contributed by atoms with E-state index in [1.54, 1.807) is 48.5 Å². The summed E-state index contributed by atoms with van der Waals surface area (Å²) in [6, 6.07) is 19.9. The standard InChI is InChI=1S/C23H14ClFN2O2S/c24-17-6-10-19(11-7-17)27-22(29)20(21(28)26-23(27)30)13-14-2-1-3-16(12-14)15-4-8-18(25)9-5-15/h1-13H,(H,26,28,30). The zero-order chi connectivity index (χ0) is 21.3. The number of hydrogen-bond acceptors (Lipinski definition) is 3. The number of nitrogens with one attached hydrogen (secondary N) is 1. The van der Waals surface area contributed by atoms with Gasteiger partial charge in [0.25, 0.3) is 11.8 Å². The van der Waals surface area contributed by atoms with Crippen LogP contribution in [0.3, 0.4) is 0 Å². The van der Waals surface area contributed by atoms with E-state index in [4.69, 9.17) is 23.8 Å². The monoisotopic (exact) mass is 436 g/mol. The maximum absolute atomic E-state index is 13.2. The quantitative estimate of drug-likeness (QED) is 0.358. The van der Waals surface area contributed by atoms with Crippen LogP contribution < -0.4 is 10.2 Å². The molecule has 1 N–H and O–H groups in total. The van der Waals surface area contributed by atoms with Crippen molar-refractivity contribution in [2.75, 3.05) is 4.90 Å². The molecule has 30 heavy (non-hydrogen) atoms. The molecule has 1 aliphatic rings. The third kappa shape index (κ3) is 4.01. The van der Waals surface area contributed by atoms with Crippen molar-refractivity contribution in [3.63, 3.8) is 0 Å². The van der Waals surface area contributed by atoms with Gasteiger partial charge in [-0.15, -0.1) is 0 Å². The predicted molar refractivity (Wildman–Crippen MR) is 119 cm³/mol. The molecule has 2 amide bonds. The molecule has 3 aromatic carbocycles. The first-order chi connectivity index (χ1) is 14.4. The Morgan fingerprint density at radius 1 is 0.933 bits per heavy atom. The molecule has 1 fully saturated rings. The van der Waals surface area contributed by atoms with Gasteiger partial charge in [-0.25, -0.2) is 4.39 Å². The van der Waals surface area contributed by atoms with Crippen molar-refractivity contribution in [1.82, 2.24) is 5.32 Å². The van der Waals surface area contributed by atoms with Gasteiger partial charge in [0.2, 0.25) is 0 Å². The first kappa shape index (κ1) is 19.9. The van der Waals surface area contributed by atoms with Crippen LogP contribution in [-0.4, -0.2) is 16.9 Å². The molecule has 1 saturated heterocycles. The fourth-order valence-corrected chi connectivity index (χ4v) is 3.51. The van der Waals surface area contributed by atoms with E-state index in [0.717, 1.165) is 11.1 Å². The molecule has 0 aliphatic carbocycles. The smallest absolute Gasteiger partial charge is 0.270 e. The Morgan fingerprint density at radius 2 is 1.63 bits per heavy atom. The van der Waals surface area contributed by atoms with E-state index < -0.39 is 11.8 Å². The van der Waals surface area contributed by atoms with Crippen LogP contribution in [0.5, 0.6) is 0 Å². The van der Waals surface area contributed by atoms with Crippen LogP contribution in [0.1, 0.15) is 5.56 Å². The second kappa shape index (κ2) is 8.18. The summed E-state index contributed by atoms with van der Waals surface area (Å²) in [6.07, 6.45) is 1.51. The minimum atomic E-state index is -0.567. The third-order valence-corrected chi connectivity index (χ3v) is 5.10. The summed E-state index contributed by atoms with van der Waals surface area (Å²) in [6.45, 7) is 0. The highest BCUT2D eigenvalue weighted by Gasteiger charge is 2.34. The van der Waals surface area contributed by atoms with Gasteiger partial charge in [0, 0.05) is 5.02 Å². The van der Waals surface area contributed by atoms with E-state index in [2.05, 4.69) is 5.32 Å². The zero-order valence-electron chi connectivity index (χ0n) is 15.4. The Morgan fingerprint density at radius 3 is 2.33 bits per heavy atom. The number of amides is 2. The van der Waals surface area contributed by atoms with E-state index in [0.29, 0.717) is 16.3 Å². The summed E-state index contributed by atoms with van der Waals surface area (Å²) < 4.78 is 13.2. The zero-order valence-corrected chi connectivity index (χ0v) is 17.0. The van der Waals surface area contributed by atoms with Crippen LogP contribution >= 0.6 is 23.8 Å². The number of nitrogens with zero attached hydrogens (tertiary/aromatic N) is 1. The van der Waals surface area contributed by atoms with Gasteiger partial charge in [-0.3, -0.25) is 19.8 Å². The first-order valence-corrected chi connectivity index (χ1v) is 9.74. The molecule has 0 spiro atoms. The molecule has 0 bridgehead atoms. The highest BCUT2D eigenvalue weighted by Crippen LogP contribution is 2.25. The van der Waals surface area contributed by atoms with Crippen LogP contribution in [0, 0.1) is 5.82 Å². The lowest BCUT2D eigenvalue weighted by molar-refractivity contribution is -0.122. The first-order valence-electron chi connectivity index (χ1n) is 8.95. The van der Waals surface area contributed by atoms with Gasteiger partial charge >= 0.3 is 0 Å². The summed E-state index contributed by atoms with van der Waals surface area (Å²) in [5.41, 5.74) is 2.76. The molecule has 4 nitrogen and oxygen atoms in total. The number of anilines is 1. The van der Waals surface area contributed by atoms with Gasteiger partial charge in [-0.2, -0.15) is 0 Å². The summed E-state index contributed by atoms with van der Waals surface area (Å²) >= 11 is 11.1. The number of hydrogen-bond donors (Lipinski definition) is 1. The van der Waals surface area contributed by atoms with Crippen molar-refractivity contribution < 1.29 is 14.0 Å². The van der Waals surface area contributed by atoms with Crippen molar-refractivity contribution in [2.45, 2.75) is 0 Å². The Balaban J connectivity index is 1.70. The number of benzene rings is 3. The maximum atomic E-state index is 13.2. The summed E-state index contributed by atoms with van der Waals surface area (Å²) in [5, 5.41) is 3.07. The van der Waals surface area contributed by atoms with E-state index in [1.165, 1.54) is 23.1 Å². The Bertz CT molecular complexity index is 1190. The molecule has 0 atom stereocenters. The van der Waals surface area contributed by atoms with Crippen LogP contribution in [0.25, 0.3) is 17.2 Å². The second-order valence-corrected chi connectivity index (χ2v) is 7.39.